The highest BCUT2D eigenvalue weighted by Gasteiger charge is 2.07. The maximum atomic E-state index is 11.7. The smallest absolute Gasteiger partial charge is 0.234 e. The summed E-state index contributed by atoms with van der Waals surface area (Å²) in [6.45, 7) is 2.00. The number of amides is 1. The van der Waals surface area contributed by atoms with Crippen LogP contribution in [0, 0.1) is 6.92 Å². The van der Waals surface area contributed by atoms with Gasteiger partial charge in [0.2, 0.25) is 11.1 Å². The first kappa shape index (κ1) is 12.4. The van der Waals surface area contributed by atoms with Crippen molar-refractivity contribution in [2.75, 3.05) is 16.9 Å². The first-order valence-electron chi connectivity index (χ1n) is 5.29. The van der Waals surface area contributed by atoms with Crippen molar-refractivity contribution >= 4 is 23.4 Å². The van der Waals surface area contributed by atoms with Crippen molar-refractivity contribution in [3.63, 3.8) is 0 Å². The van der Waals surface area contributed by atoms with E-state index in [9.17, 15) is 4.79 Å². The number of aromatic nitrogens is 3. The van der Waals surface area contributed by atoms with Crippen molar-refractivity contribution in [3.05, 3.63) is 36.2 Å². The topological polar surface area (TPSA) is 85.8 Å². The third kappa shape index (κ3) is 3.24. The molecule has 0 unspecified atom stereocenters. The number of anilines is 1. The lowest BCUT2D eigenvalue weighted by atomic mass is 10.2. The maximum Gasteiger partial charge on any atom is 0.234 e. The molecule has 18 heavy (non-hydrogen) atoms. The van der Waals surface area contributed by atoms with Crippen LogP contribution in [-0.4, -0.2) is 26.5 Å². The first-order chi connectivity index (χ1) is 8.65. The first-order valence-corrected chi connectivity index (χ1v) is 6.28. The van der Waals surface area contributed by atoms with Crippen molar-refractivity contribution in [1.29, 1.82) is 0 Å². The second-order valence-electron chi connectivity index (χ2n) is 3.72. The van der Waals surface area contributed by atoms with Crippen LogP contribution in [0.25, 0.3) is 0 Å². The average Bonchev–Trinajstić information content (AvgIpc) is 2.75. The zero-order chi connectivity index (χ0) is 13.0. The fraction of sp³-hybridized carbons (Fsp3) is 0.182. The van der Waals surface area contributed by atoms with Gasteiger partial charge in [0.05, 0.1) is 5.75 Å². The Morgan fingerprint density at radius 3 is 2.78 bits per heavy atom. The predicted molar refractivity (Wildman–Crippen MR) is 70.7 cm³/mol. The Kier molecular flexibility index (Phi) is 3.83. The lowest BCUT2D eigenvalue weighted by Gasteiger charge is -2.04. The number of nitrogen functional groups attached to an aromatic ring is 1. The summed E-state index contributed by atoms with van der Waals surface area (Å²) < 4.78 is 1.28. The van der Waals surface area contributed by atoms with Gasteiger partial charge in [-0.25, -0.2) is 4.68 Å². The summed E-state index contributed by atoms with van der Waals surface area (Å²) in [6.07, 6.45) is 1.39. The molecule has 2 rings (SSSR count). The van der Waals surface area contributed by atoms with E-state index in [1.54, 1.807) is 0 Å². The van der Waals surface area contributed by atoms with E-state index in [0.29, 0.717) is 5.16 Å². The Balaban J connectivity index is 1.86. The van der Waals surface area contributed by atoms with Crippen molar-refractivity contribution in [3.8, 4) is 0 Å². The fourth-order valence-electron chi connectivity index (χ4n) is 1.30. The molecule has 1 aromatic carbocycles. The summed E-state index contributed by atoms with van der Waals surface area (Å²) in [5.74, 6) is 5.67. The predicted octanol–water partition coefficient (Wildman–Crippen LogP) is 1.03. The number of hydrogen-bond donors (Lipinski definition) is 2. The van der Waals surface area contributed by atoms with E-state index in [2.05, 4.69) is 15.5 Å². The van der Waals surface area contributed by atoms with Gasteiger partial charge < -0.3 is 11.2 Å². The van der Waals surface area contributed by atoms with Crippen molar-refractivity contribution in [1.82, 2.24) is 14.9 Å². The molecule has 0 aliphatic carbocycles. The maximum absolute atomic E-state index is 11.7. The Morgan fingerprint density at radius 2 is 2.17 bits per heavy atom. The molecule has 0 atom stereocenters. The molecule has 0 saturated carbocycles. The van der Waals surface area contributed by atoms with E-state index in [1.165, 1.54) is 22.8 Å². The number of nitrogens with zero attached hydrogens (tertiary/aromatic N) is 3. The van der Waals surface area contributed by atoms with Crippen LogP contribution in [-0.2, 0) is 4.79 Å². The van der Waals surface area contributed by atoms with Gasteiger partial charge in [-0.3, -0.25) is 4.79 Å². The fourth-order valence-corrected chi connectivity index (χ4v) is 1.93. The summed E-state index contributed by atoms with van der Waals surface area (Å²) >= 11 is 1.24. The third-order valence-electron chi connectivity index (χ3n) is 2.21. The molecular formula is C11H13N5OS. The van der Waals surface area contributed by atoms with E-state index < -0.39 is 0 Å². The molecule has 1 heterocycles. The van der Waals surface area contributed by atoms with Gasteiger partial charge in [0, 0.05) is 5.69 Å². The molecule has 2 aromatic rings. The number of nitrogens with one attached hydrogen (secondary N) is 1. The molecule has 0 aliphatic rings. The SMILES string of the molecule is Cc1ccc(NC(=O)CSc2nncn2N)cc1. The van der Waals surface area contributed by atoms with Gasteiger partial charge in [0.25, 0.3) is 0 Å². The minimum Gasteiger partial charge on any atom is -0.336 e. The van der Waals surface area contributed by atoms with Gasteiger partial charge in [-0.2, -0.15) is 0 Å². The Bertz CT molecular complexity index is 537. The number of nitrogens with two attached hydrogens (primary N) is 1. The van der Waals surface area contributed by atoms with E-state index in [0.717, 1.165) is 11.3 Å². The second kappa shape index (κ2) is 5.54. The van der Waals surface area contributed by atoms with Crippen LogP contribution in [0.3, 0.4) is 0 Å². The standard InChI is InChI=1S/C11H13N5OS/c1-8-2-4-9(5-3-8)14-10(17)6-18-11-15-13-7-16(11)12/h2-5,7H,6,12H2,1H3,(H,14,17). The van der Waals surface area contributed by atoms with E-state index >= 15 is 0 Å². The van der Waals surface area contributed by atoms with E-state index in [-0.39, 0.29) is 11.7 Å². The minimum absolute atomic E-state index is 0.105. The highest BCUT2D eigenvalue weighted by Crippen LogP contribution is 2.14. The van der Waals surface area contributed by atoms with Crippen LogP contribution in [0.4, 0.5) is 5.69 Å². The number of aryl methyl sites for hydroxylation is 1. The second-order valence-corrected chi connectivity index (χ2v) is 4.67. The Hall–Kier alpha value is -2.02. The van der Waals surface area contributed by atoms with Crippen LogP contribution in [0.2, 0.25) is 0 Å². The monoisotopic (exact) mass is 263 g/mol. The van der Waals surface area contributed by atoms with Crippen molar-refractivity contribution in [2.24, 2.45) is 0 Å². The average molecular weight is 263 g/mol. The van der Waals surface area contributed by atoms with Crippen molar-refractivity contribution in [2.45, 2.75) is 12.1 Å². The summed E-state index contributed by atoms with van der Waals surface area (Å²) in [6, 6.07) is 7.62. The van der Waals surface area contributed by atoms with E-state index in [4.69, 9.17) is 5.84 Å². The number of rotatable bonds is 4. The highest BCUT2D eigenvalue weighted by atomic mass is 32.2. The summed E-state index contributed by atoms with van der Waals surface area (Å²) in [5.41, 5.74) is 1.93. The molecule has 0 fully saturated rings. The van der Waals surface area contributed by atoms with Crippen LogP contribution >= 0.6 is 11.8 Å². The Labute approximate surface area is 109 Å². The molecule has 0 bridgehead atoms. The summed E-state index contributed by atoms with van der Waals surface area (Å²) in [4.78, 5) is 11.7. The number of thioether (sulfide) groups is 1. The molecule has 94 valence electrons. The van der Waals surface area contributed by atoms with Crippen LogP contribution in [0.1, 0.15) is 5.56 Å². The Morgan fingerprint density at radius 1 is 1.44 bits per heavy atom. The van der Waals surface area contributed by atoms with Gasteiger partial charge in [-0.05, 0) is 19.1 Å². The molecule has 0 aliphatic heterocycles. The molecule has 0 radical (unpaired) electrons. The van der Waals surface area contributed by atoms with Crippen LogP contribution < -0.4 is 11.2 Å². The lowest BCUT2D eigenvalue weighted by molar-refractivity contribution is -0.113. The molecule has 1 aromatic heterocycles. The molecule has 3 N–H and O–H groups in total. The minimum atomic E-state index is -0.105. The third-order valence-corrected chi connectivity index (χ3v) is 3.17. The lowest BCUT2D eigenvalue weighted by Crippen LogP contribution is -2.15. The molecule has 0 spiro atoms. The molecule has 0 saturated heterocycles. The summed E-state index contributed by atoms with van der Waals surface area (Å²) in [7, 11) is 0. The van der Waals surface area contributed by atoms with E-state index in [1.807, 2.05) is 31.2 Å². The van der Waals surface area contributed by atoms with Gasteiger partial charge >= 0.3 is 0 Å². The normalized spacial score (nSPS) is 10.3. The van der Waals surface area contributed by atoms with Crippen LogP contribution in [0.5, 0.6) is 0 Å². The zero-order valence-corrected chi connectivity index (χ0v) is 10.6. The van der Waals surface area contributed by atoms with Gasteiger partial charge in [-0.1, -0.05) is 29.5 Å². The highest BCUT2D eigenvalue weighted by molar-refractivity contribution is 7.99. The largest absolute Gasteiger partial charge is 0.336 e. The molecule has 1 amide bonds. The molecule has 6 nitrogen and oxygen atoms in total. The van der Waals surface area contributed by atoms with Crippen LogP contribution in [0.15, 0.2) is 35.7 Å². The zero-order valence-electron chi connectivity index (χ0n) is 9.83. The molecular weight excluding hydrogens is 250 g/mol. The number of hydrogen-bond acceptors (Lipinski definition) is 5. The van der Waals surface area contributed by atoms with Crippen molar-refractivity contribution < 1.29 is 4.79 Å². The number of carbonyl (C=O) groups excluding carboxylic acids is 1. The van der Waals surface area contributed by atoms with Gasteiger partial charge in [0.15, 0.2) is 0 Å². The quantitative estimate of drug-likeness (QED) is 0.635. The number of benzene rings is 1. The summed E-state index contributed by atoms with van der Waals surface area (Å²) in [5, 5.41) is 10.7. The number of carbonyl (C=O) groups is 1. The molecule has 7 heteroatoms. The van der Waals surface area contributed by atoms with Gasteiger partial charge in [-0.15, -0.1) is 10.2 Å². The van der Waals surface area contributed by atoms with Gasteiger partial charge in [0.1, 0.15) is 6.33 Å².